The first-order valence-electron chi connectivity index (χ1n) is 8.97. The summed E-state index contributed by atoms with van der Waals surface area (Å²) in [5.41, 5.74) is 2.34. The van der Waals surface area contributed by atoms with Crippen molar-refractivity contribution in [2.24, 2.45) is 0 Å². The molecule has 0 spiro atoms. The van der Waals surface area contributed by atoms with E-state index in [0.717, 1.165) is 17.8 Å². The normalized spacial score (nSPS) is 17.0. The standard InChI is InChI=1S/C20H24N4O3.ClH/c1-14(22-19(25)18-13-21-11-12-27-18)15-7-9-17(10-8-15)24-20(26)23-16-5-3-2-4-6-16;/h2-10,14,18,21H,11-13H2,1H3,(H,22,25)(H2,23,24,26);1H. The van der Waals surface area contributed by atoms with Crippen LogP contribution in [0.15, 0.2) is 54.6 Å². The summed E-state index contributed by atoms with van der Waals surface area (Å²) in [7, 11) is 0. The second-order valence-corrected chi connectivity index (χ2v) is 6.36. The summed E-state index contributed by atoms with van der Waals surface area (Å²) in [6, 6.07) is 16.1. The molecule has 2 unspecified atom stereocenters. The third kappa shape index (κ3) is 6.23. The van der Waals surface area contributed by atoms with Crippen molar-refractivity contribution in [3.8, 4) is 0 Å². The van der Waals surface area contributed by atoms with Gasteiger partial charge >= 0.3 is 6.03 Å². The van der Waals surface area contributed by atoms with Gasteiger partial charge in [-0.25, -0.2) is 4.79 Å². The van der Waals surface area contributed by atoms with Crippen LogP contribution in [0.2, 0.25) is 0 Å². The van der Waals surface area contributed by atoms with E-state index in [4.69, 9.17) is 4.74 Å². The molecule has 0 saturated carbocycles. The topological polar surface area (TPSA) is 91.5 Å². The van der Waals surface area contributed by atoms with Crippen LogP contribution in [-0.2, 0) is 9.53 Å². The maximum absolute atomic E-state index is 12.2. The van der Waals surface area contributed by atoms with E-state index in [1.807, 2.05) is 49.4 Å². The average molecular weight is 405 g/mol. The van der Waals surface area contributed by atoms with E-state index >= 15 is 0 Å². The molecule has 7 nitrogen and oxygen atoms in total. The van der Waals surface area contributed by atoms with E-state index in [1.54, 1.807) is 12.1 Å². The lowest BCUT2D eigenvalue weighted by molar-refractivity contribution is -0.134. The first-order chi connectivity index (χ1) is 13.1. The van der Waals surface area contributed by atoms with Crippen LogP contribution in [0.1, 0.15) is 18.5 Å². The largest absolute Gasteiger partial charge is 0.366 e. The number of rotatable bonds is 5. The minimum absolute atomic E-state index is 0. The van der Waals surface area contributed by atoms with Gasteiger partial charge in [0.05, 0.1) is 12.6 Å². The number of hydrogen-bond donors (Lipinski definition) is 4. The zero-order valence-corrected chi connectivity index (χ0v) is 16.4. The summed E-state index contributed by atoms with van der Waals surface area (Å²) in [6.07, 6.45) is -0.455. The van der Waals surface area contributed by atoms with Crippen molar-refractivity contribution in [1.29, 1.82) is 0 Å². The Hall–Kier alpha value is -2.61. The molecular formula is C20H25ClN4O3. The van der Waals surface area contributed by atoms with Crippen molar-refractivity contribution >= 4 is 35.7 Å². The van der Waals surface area contributed by atoms with Crippen molar-refractivity contribution in [2.45, 2.75) is 19.1 Å². The van der Waals surface area contributed by atoms with E-state index in [0.29, 0.717) is 18.8 Å². The van der Waals surface area contributed by atoms with Crippen molar-refractivity contribution < 1.29 is 14.3 Å². The summed E-state index contributed by atoms with van der Waals surface area (Å²) >= 11 is 0. The van der Waals surface area contributed by atoms with Gasteiger partial charge in [0.15, 0.2) is 0 Å². The Morgan fingerprint density at radius 3 is 2.29 bits per heavy atom. The van der Waals surface area contributed by atoms with Gasteiger partial charge in [0.25, 0.3) is 5.91 Å². The van der Waals surface area contributed by atoms with Crippen LogP contribution in [0.25, 0.3) is 0 Å². The van der Waals surface area contributed by atoms with Gasteiger partial charge in [-0.15, -0.1) is 12.4 Å². The van der Waals surface area contributed by atoms with E-state index in [-0.39, 0.29) is 30.4 Å². The monoisotopic (exact) mass is 404 g/mol. The fourth-order valence-corrected chi connectivity index (χ4v) is 2.79. The summed E-state index contributed by atoms with van der Waals surface area (Å²) in [5.74, 6) is -0.126. The Bertz CT molecular complexity index is 765. The third-order valence-electron chi connectivity index (χ3n) is 4.28. The fraction of sp³-hybridized carbons (Fsp3) is 0.300. The molecule has 1 heterocycles. The van der Waals surface area contributed by atoms with Crippen LogP contribution in [0.5, 0.6) is 0 Å². The number of amides is 3. The quantitative estimate of drug-likeness (QED) is 0.616. The second-order valence-electron chi connectivity index (χ2n) is 6.36. The number of benzene rings is 2. The van der Waals surface area contributed by atoms with Gasteiger partial charge in [-0.3, -0.25) is 4.79 Å². The zero-order chi connectivity index (χ0) is 19.1. The molecule has 2 aromatic rings. The highest BCUT2D eigenvalue weighted by Gasteiger charge is 2.23. The van der Waals surface area contributed by atoms with Gasteiger partial charge in [0.1, 0.15) is 6.10 Å². The Labute approximate surface area is 170 Å². The van der Waals surface area contributed by atoms with Gasteiger partial charge in [-0.2, -0.15) is 0 Å². The highest BCUT2D eigenvalue weighted by molar-refractivity contribution is 5.99. The molecule has 1 aliphatic heterocycles. The third-order valence-corrected chi connectivity index (χ3v) is 4.28. The Balaban J connectivity index is 0.00000280. The number of morpholine rings is 1. The molecular weight excluding hydrogens is 380 g/mol. The van der Waals surface area contributed by atoms with Crippen LogP contribution in [0.4, 0.5) is 16.2 Å². The van der Waals surface area contributed by atoms with Gasteiger partial charge in [-0.05, 0) is 36.8 Å². The molecule has 0 radical (unpaired) electrons. The number of nitrogens with one attached hydrogen (secondary N) is 4. The predicted octanol–water partition coefficient (Wildman–Crippen LogP) is 2.92. The molecule has 28 heavy (non-hydrogen) atoms. The molecule has 1 fully saturated rings. The van der Waals surface area contributed by atoms with Crippen LogP contribution in [-0.4, -0.2) is 37.7 Å². The summed E-state index contributed by atoms with van der Waals surface area (Å²) < 4.78 is 5.46. The smallest absolute Gasteiger partial charge is 0.323 e. The molecule has 1 saturated heterocycles. The van der Waals surface area contributed by atoms with Crippen LogP contribution < -0.4 is 21.3 Å². The highest BCUT2D eigenvalue weighted by atomic mass is 35.5. The Kier molecular flexibility index (Phi) is 8.25. The Morgan fingerprint density at radius 2 is 1.68 bits per heavy atom. The van der Waals surface area contributed by atoms with Gasteiger partial charge in [-0.1, -0.05) is 30.3 Å². The molecule has 0 aromatic heterocycles. The molecule has 8 heteroatoms. The second kappa shape index (κ2) is 10.7. The summed E-state index contributed by atoms with van der Waals surface area (Å²) in [4.78, 5) is 24.2. The molecule has 3 rings (SSSR count). The predicted molar refractivity (Wildman–Crippen MR) is 112 cm³/mol. The molecule has 3 amide bonds. The molecule has 150 valence electrons. The van der Waals surface area contributed by atoms with Crippen molar-refractivity contribution in [3.63, 3.8) is 0 Å². The lowest BCUT2D eigenvalue weighted by Gasteiger charge is -2.24. The zero-order valence-electron chi connectivity index (χ0n) is 15.6. The van der Waals surface area contributed by atoms with E-state index < -0.39 is 6.10 Å². The van der Waals surface area contributed by atoms with Crippen LogP contribution >= 0.6 is 12.4 Å². The number of hydrogen-bond acceptors (Lipinski definition) is 4. The van der Waals surface area contributed by atoms with Crippen LogP contribution in [0, 0.1) is 0 Å². The number of ether oxygens (including phenoxy) is 1. The van der Waals surface area contributed by atoms with Crippen molar-refractivity contribution in [3.05, 3.63) is 60.2 Å². The summed E-state index contributed by atoms with van der Waals surface area (Å²) in [6.45, 7) is 3.75. The molecule has 2 atom stereocenters. The molecule has 1 aliphatic rings. The molecule has 2 aromatic carbocycles. The minimum Gasteiger partial charge on any atom is -0.366 e. The summed E-state index contributed by atoms with van der Waals surface area (Å²) in [5, 5.41) is 11.6. The van der Waals surface area contributed by atoms with E-state index in [9.17, 15) is 9.59 Å². The average Bonchev–Trinajstić information content (AvgIpc) is 2.70. The maximum Gasteiger partial charge on any atom is 0.323 e. The molecule has 0 aliphatic carbocycles. The van der Waals surface area contributed by atoms with E-state index in [2.05, 4.69) is 21.3 Å². The Morgan fingerprint density at radius 1 is 1.04 bits per heavy atom. The van der Waals surface area contributed by atoms with Crippen molar-refractivity contribution in [2.75, 3.05) is 30.3 Å². The fourth-order valence-electron chi connectivity index (χ4n) is 2.79. The van der Waals surface area contributed by atoms with Crippen molar-refractivity contribution in [1.82, 2.24) is 10.6 Å². The minimum atomic E-state index is -0.455. The first kappa shape index (κ1) is 21.7. The maximum atomic E-state index is 12.2. The van der Waals surface area contributed by atoms with Gasteiger partial charge in [0, 0.05) is 24.5 Å². The first-order valence-corrected chi connectivity index (χ1v) is 8.97. The number of halogens is 1. The van der Waals surface area contributed by atoms with Crippen LogP contribution in [0.3, 0.4) is 0 Å². The lowest BCUT2D eigenvalue weighted by Crippen LogP contribution is -2.48. The molecule has 0 bridgehead atoms. The molecule has 4 N–H and O–H groups in total. The number of para-hydroxylation sites is 1. The highest BCUT2D eigenvalue weighted by Crippen LogP contribution is 2.17. The number of urea groups is 1. The number of anilines is 2. The van der Waals surface area contributed by atoms with E-state index in [1.165, 1.54) is 0 Å². The van der Waals surface area contributed by atoms with Gasteiger partial charge in [0.2, 0.25) is 0 Å². The SMILES string of the molecule is CC(NC(=O)C1CNCCO1)c1ccc(NC(=O)Nc2ccccc2)cc1.Cl. The number of carbonyl (C=O) groups excluding carboxylic acids is 2. The number of carbonyl (C=O) groups is 2. The lowest BCUT2D eigenvalue weighted by atomic mass is 10.1. The van der Waals surface area contributed by atoms with Gasteiger partial charge < -0.3 is 26.0 Å².